The molecule has 3 aromatic rings. The van der Waals surface area contributed by atoms with Crippen LogP contribution in [0.5, 0.6) is 0 Å². The first kappa shape index (κ1) is 26.5. The lowest BCUT2D eigenvalue weighted by atomic mass is 9.91. The molecule has 1 aliphatic rings. The van der Waals surface area contributed by atoms with Gasteiger partial charge in [0, 0.05) is 5.56 Å². The molecule has 1 heterocycles. The van der Waals surface area contributed by atoms with E-state index in [0.29, 0.717) is 0 Å². The zero-order valence-electron chi connectivity index (χ0n) is 20.0. The molecule has 3 aromatic carbocycles. The zero-order valence-corrected chi connectivity index (χ0v) is 21.6. The van der Waals surface area contributed by atoms with Crippen LogP contribution in [-0.2, 0) is 38.1 Å². The summed E-state index contributed by atoms with van der Waals surface area (Å²) in [5, 5.41) is 0. The Bertz CT molecular complexity index is 1280. The van der Waals surface area contributed by atoms with Gasteiger partial charge in [-0.2, -0.15) is 16.8 Å². The van der Waals surface area contributed by atoms with Crippen molar-refractivity contribution in [2.45, 2.75) is 29.9 Å². The summed E-state index contributed by atoms with van der Waals surface area (Å²) < 4.78 is 73.7. The lowest BCUT2D eigenvalue weighted by molar-refractivity contribution is -0.244. The maximum Gasteiger partial charge on any atom is 0.296 e. The van der Waals surface area contributed by atoms with Crippen LogP contribution in [0.1, 0.15) is 23.0 Å². The molecule has 4 rings (SSSR count). The van der Waals surface area contributed by atoms with Crippen LogP contribution in [0.2, 0.25) is 0 Å². The van der Waals surface area contributed by atoms with Crippen LogP contribution in [0.25, 0.3) is 0 Å². The smallest absolute Gasteiger partial charge is 0.296 e. The Morgan fingerprint density at radius 3 is 1.53 bits per heavy atom. The fourth-order valence-electron chi connectivity index (χ4n) is 3.56. The monoisotopic (exact) mass is 532 g/mol. The van der Waals surface area contributed by atoms with Gasteiger partial charge in [0.2, 0.25) is 0 Å². The van der Waals surface area contributed by atoms with Gasteiger partial charge in [-0.25, -0.2) is 0 Å². The molecule has 0 bridgehead atoms. The van der Waals surface area contributed by atoms with E-state index in [9.17, 15) is 16.8 Å². The normalized spacial score (nSPS) is 16.6. The second-order valence-corrected chi connectivity index (χ2v) is 12.2. The van der Waals surface area contributed by atoms with Crippen LogP contribution in [0.4, 0.5) is 0 Å². The summed E-state index contributed by atoms with van der Waals surface area (Å²) in [5.41, 5.74) is 1.40. The number of ether oxygens (including phenoxy) is 2. The molecule has 0 radical (unpaired) electrons. The second kappa shape index (κ2) is 10.8. The molecule has 0 aliphatic carbocycles. The Morgan fingerprint density at radius 2 is 1.11 bits per heavy atom. The van der Waals surface area contributed by atoms with Crippen LogP contribution >= 0.6 is 0 Å². The lowest BCUT2D eigenvalue weighted by Gasteiger charge is -2.39. The van der Waals surface area contributed by atoms with Crippen LogP contribution in [0.15, 0.2) is 88.7 Å². The molecule has 0 atom stereocenters. The average Bonchev–Trinajstić information content (AvgIpc) is 2.88. The predicted molar refractivity (Wildman–Crippen MR) is 132 cm³/mol. The Kier molecular flexibility index (Phi) is 7.93. The molecule has 0 unspecified atom stereocenters. The summed E-state index contributed by atoms with van der Waals surface area (Å²) >= 11 is 0. The van der Waals surface area contributed by atoms with E-state index < -0.39 is 45.2 Å². The number of hydrogen-bond donors (Lipinski definition) is 0. The summed E-state index contributed by atoms with van der Waals surface area (Å²) in [5.74, 6) is 0. The third kappa shape index (κ3) is 6.39. The first-order valence-corrected chi connectivity index (χ1v) is 14.1. The van der Waals surface area contributed by atoms with Crippen molar-refractivity contribution in [3.05, 3.63) is 95.6 Å². The molecular weight excluding hydrogens is 504 g/mol. The molecule has 1 saturated heterocycles. The first-order chi connectivity index (χ1) is 17.1. The Balaban J connectivity index is 1.52. The number of hydrogen-bond acceptors (Lipinski definition) is 8. The molecule has 192 valence electrons. The number of benzene rings is 3. The predicted octanol–water partition coefficient (Wildman–Crippen LogP) is 4.15. The SMILES string of the molecule is Cc1ccc(S(=O)(=O)OCC2(COS(=O)(=O)c3ccc(C)cc3)COC(c3ccccc3)OC2)cc1. The highest BCUT2D eigenvalue weighted by Gasteiger charge is 2.41. The van der Waals surface area contributed by atoms with Crippen LogP contribution in [-0.4, -0.2) is 43.3 Å². The molecule has 0 amide bonds. The quantitative estimate of drug-likeness (QED) is 0.379. The summed E-state index contributed by atoms with van der Waals surface area (Å²) in [7, 11) is -8.21. The molecule has 36 heavy (non-hydrogen) atoms. The second-order valence-electron chi connectivity index (χ2n) is 8.92. The summed E-state index contributed by atoms with van der Waals surface area (Å²) in [6.07, 6.45) is -0.679. The standard InChI is InChI=1S/C26H28O8S2/c1-20-8-12-23(13-9-20)35(27,28)33-18-26(16-31-25(32-17-26)22-6-4-3-5-7-22)19-34-36(29,30)24-14-10-21(2)11-15-24/h3-15,25H,16-19H2,1-2H3. The average molecular weight is 533 g/mol. The van der Waals surface area contributed by atoms with E-state index >= 15 is 0 Å². The van der Waals surface area contributed by atoms with Gasteiger partial charge in [0.15, 0.2) is 6.29 Å². The van der Waals surface area contributed by atoms with Crippen molar-refractivity contribution in [3.63, 3.8) is 0 Å². The van der Waals surface area contributed by atoms with Gasteiger partial charge < -0.3 is 9.47 Å². The minimum absolute atomic E-state index is 0.00347. The van der Waals surface area contributed by atoms with Gasteiger partial charge in [0.05, 0.1) is 41.6 Å². The van der Waals surface area contributed by atoms with Crippen molar-refractivity contribution in [2.75, 3.05) is 26.4 Å². The van der Waals surface area contributed by atoms with E-state index in [1.54, 1.807) is 24.3 Å². The Labute approximate surface area is 212 Å². The summed E-state index contributed by atoms with van der Waals surface area (Å²) in [4.78, 5) is -0.00694. The van der Waals surface area contributed by atoms with Gasteiger partial charge in [0.25, 0.3) is 20.2 Å². The van der Waals surface area contributed by atoms with Gasteiger partial charge in [-0.1, -0.05) is 65.7 Å². The Hall–Kier alpha value is -2.60. The maximum absolute atomic E-state index is 12.8. The molecule has 1 fully saturated rings. The molecular formula is C26H28O8S2. The third-order valence-corrected chi connectivity index (χ3v) is 8.37. The zero-order chi connectivity index (χ0) is 25.8. The van der Waals surface area contributed by atoms with E-state index in [1.165, 1.54) is 24.3 Å². The van der Waals surface area contributed by atoms with Crippen molar-refractivity contribution >= 4 is 20.2 Å². The van der Waals surface area contributed by atoms with Gasteiger partial charge >= 0.3 is 0 Å². The van der Waals surface area contributed by atoms with E-state index in [4.69, 9.17) is 17.8 Å². The maximum atomic E-state index is 12.8. The summed E-state index contributed by atoms with van der Waals surface area (Å²) in [6, 6.07) is 21.7. The van der Waals surface area contributed by atoms with Crippen LogP contribution < -0.4 is 0 Å². The molecule has 0 aromatic heterocycles. The van der Waals surface area contributed by atoms with Crippen molar-refractivity contribution in [1.29, 1.82) is 0 Å². The highest BCUT2D eigenvalue weighted by Crippen LogP contribution is 2.34. The summed E-state index contributed by atoms with van der Waals surface area (Å²) in [6.45, 7) is 2.82. The van der Waals surface area contributed by atoms with Gasteiger partial charge in [-0.3, -0.25) is 8.37 Å². The highest BCUT2D eigenvalue weighted by atomic mass is 32.2. The van der Waals surface area contributed by atoms with Crippen LogP contribution in [0.3, 0.4) is 0 Å². The molecule has 0 spiro atoms. The van der Waals surface area contributed by atoms with E-state index in [1.807, 2.05) is 44.2 Å². The number of aryl methyl sites for hydroxylation is 2. The van der Waals surface area contributed by atoms with Gasteiger partial charge in [-0.05, 0) is 38.1 Å². The first-order valence-electron chi connectivity index (χ1n) is 11.3. The Morgan fingerprint density at radius 1 is 0.694 bits per heavy atom. The van der Waals surface area contributed by atoms with Crippen molar-refractivity contribution in [3.8, 4) is 0 Å². The van der Waals surface area contributed by atoms with Gasteiger partial charge in [0.1, 0.15) is 0 Å². The van der Waals surface area contributed by atoms with Crippen molar-refractivity contribution < 1.29 is 34.7 Å². The topological polar surface area (TPSA) is 105 Å². The minimum Gasteiger partial charge on any atom is -0.348 e. The fraction of sp³-hybridized carbons (Fsp3) is 0.308. The fourth-order valence-corrected chi connectivity index (χ4v) is 5.58. The molecule has 0 N–H and O–H groups in total. The van der Waals surface area contributed by atoms with Gasteiger partial charge in [-0.15, -0.1) is 0 Å². The van der Waals surface area contributed by atoms with Crippen LogP contribution in [0, 0.1) is 19.3 Å². The van der Waals surface area contributed by atoms with E-state index in [2.05, 4.69) is 0 Å². The van der Waals surface area contributed by atoms with Crippen molar-refractivity contribution in [1.82, 2.24) is 0 Å². The molecule has 10 heteroatoms. The van der Waals surface area contributed by atoms with Crippen molar-refractivity contribution in [2.24, 2.45) is 5.41 Å². The highest BCUT2D eigenvalue weighted by molar-refractivity contribution is 7.87. The van der Waals surface area contributed by atoms with E-state index in [0.717, 1.165) is 16.7 Å². The molecule has 0 saturated carbocycles. The van der Waals surface area contributed by atoms with E-state index in [-0.39, 0.29) is 23.0 Å². The molecule has 8 nitrogen and oxygen atoms in total. The number of rotatable bonds is 9. The molecule has 1 aliphatic heterocycles. The third-order valence-electron chi connectivity index (χ3n) is 5.81. The minimum atomic E-state index is -4.11. The lowest BCUT2D eigenvalue weighted by Crippen LogP contribution is -2.46. The largest absolute Gasteiger partial charge is 0.348 e.